The smallest absolute Gasteiger partial charge is 0.254 e. The zero-order valence-corrected chi connectivity index (χ0v) is 20.6. The maximum absolute atomic E-state index is 12.7. The molecule has 0 atom stereocenters. The van der Waals surface area contributed by atoms with E-state index in [0.29, 0.717) is 25.4 Å². The van der Waals surface area contributed by atoms with Crippen molar-refractivity contribution in [3.05, 3.63) is 59.7 Å². The molecule has 0 aromatic heterocycles. The van der Waals surface area contributed by atoms with Gasteiger partial charge in [0.05, 0.1) is 19.8 Å². The maximum Gasteiger partial charge on any atom is 0.254 e. The van der Waals surface area contributed by atoms with Crippen LogP contribution in [0.2, 0.25) is 0 Å². The average molecular weight is 455 g/mol. The normalized spacial score (nSPS) is 10.9. The molecule has 0 fully saturated rings. The van der Waals surface area contributed by atoms with Crippen molar-refractivity contribution < 1.29 is 19.0 Å². The van der Waals surface area contributed by atoms with Gasteiger partial charge in [-0.3, -0.25) is 10.2 Å². The standard InChI is InChI=1S/C27H38N2O4/c1-6-31-26(28)22-10-14-24(15-11-22)32-18-8-7-9-19-33-25-16-12-23(13-17-25)27(30)29(20(2)3)21(4)5/h10-17,20-21,28H,6-9,18-19H2,1-5H3. The Bertz CT molecular complexity index is 853. The Morgan fingerprint density at radius 2 is 1.24 bits per heavy atom. The number of rotatable bonds is 13. The van der Waals surface area contributed by atoms with Crippen LogP contribution in [0.5, 0.6) is 11.5 Å². The minimum absolute atomic E-state index is 0.0498. The molecule has 0 aliphatic carbocycles. The first-order valence-electron chi connectivity index (χ1n) is 11.8. The van der Waals surface area contributed by atoms with Crippen LogP contribution in [-0.4, -0.2) is 48.6 Å². The van der Waals surface area contributed by atoms with Crippen molar-refractivity contribution in [1.82, 2.24) is 4.90 Å². The lowest BCUT2D eigenvalue weighted by atomic mass is 10.1. The highest BCUT2D eigenvalue weighted by molar-refractivity contribution is 5.94. The Morgan fingerprint density at radius 3 is 1.67 bits per heavy atom. The third-order valence-electron chi connectivity index (χ3n) is 5.18. The van der Waals surface area contributed by atoms with Gasteiger partial charge in [0.25, 0.3) is 5.91 Å². The lowest BCUT2D eigenvalue weighted by Gasteiger charge is -2.30. The van der Waals surface area contributed by atoms with Crippen LogP contribution < -0.4 is 9.47 Å². The Hall–Kier alpha value is -3.02. The van der Waals surface area contributed by atoms with Crippen LogP contribution in [0, 0.1) is 5.41 Å². The Balaban J connectivity index is 1.65. The van der Waals surface area contributed by atoms with Gasteiger partial charge in [-0.15, -0.1) is 0 Å². The van der Waals surface area contributed by atoms with Crippen molar-refractivity contribution in [2.75, 3.05) is 19.8 Å². The molecule has 2 rings (SSSR count). The van der Waals surface area contributed by atoms with Crippen molar-refractivity contribution in [3.8, 4) is 11.5 Å². The molecule has 1 amide bonds. The molecular weight excluding hydrogens is 416 g/mol. The van der Waals surface area contributed by atoms with Crippen molar-refractivity contribution in [1.29, 1.82) is 5.41 Å². The Labute approximate surface area is 198 Å². The van der Waals surface area contributed by atoms with Crippen LogP contribution in [0.3, 0.4) is 0 Å². The molecule has 0 saturated carbocycles. The summed E-state index contributed by atoms with van der Waals surface area (Å²) in [4.78, 5) is 14.6. The van der Waals surface area contributed by atoms with Gasteiger partial charge in [-0.25, -0.2) is 0 Å². The summed E-state index contributed by atoms with van der Waals surface area (Å²) in [6, 6.07) is 15.1. The molecule has 6 nitrogen and oxygen atoms in total. The summed E-state index contributed by atoms with van der Waals surface area (Å²) in [7, 11) is 0. The lowest BCUT2D eigenvalue weighted by molar-refractivity contribution is 0.0643. The summed E-state index contributed by atoms with van der Waals surface area (Å²) in [6.45, 7) is 11.8. The number of carbonyl (C=O) groups is 1. The molecule has 0 unspecified atom stereocenters. The van der Waals surface area contributed by atoms with Crippen molar-refractivity contribution in [2.45, 2.75) is 66.0 Å². The second kappa shape index (κ2) is 13.5. The number of hydrogen-bond donors (Lipinski definition) is 1. The van der Waals surface area contributed by atoms with Crippen LogP contribution in [0.1, 0.15) is 69.8 Å². The minimum Gasteiger partial charge on any atom is -0.494 e. The number of carbonyl (C=O) groups excluding carboxylic acids is 1. The molecule has 0 bridgehead atoms. The van der Waals surface area contributed by atoms with Crippen LogP contribution in [0.15, 0.2) is 48.5 Å². The molecule has 0 heterocycles. The lowest BCUT2D eigenvalue weighted by Crippen LogP contribution is -2.42. The number of benzene rings is 2. The molecule has 2 aromatic rings. The zero-order chi connectivity index (χ0) is 24.2. The number of amides is 1. The molecule has 2 aromatic carbocycles. The monoisotopic (exact) mass is 454 g/mol. The van der Waals surface area contributed by atoms with E-state index < -0.39 is 0 Å². The fourth-order valence-electron chi connectivity index (χ4n) is 3.60. The highest BCUT2D eigenvalue weighted by atomic mass is 16.5. The summed E-state index contributed by atoms with van der Waals surface area (Å²) < 4.78 is 16.8. The maximum atomic E-state index is 12.7. The Kier molecular flexibility index (Phi) is 10.7. The Morgan fingerprint density at radius 1 is 0.788 bits per heavy atom. The van der Waals surface area contributed by atoms with Crippen molar-refractivity contribution in [3.63, 3.8) is 0 Å². The summed E-state index contributed by atoms with van der Waals surface area (Å²) in [5.41, 5.74) is 1.43. The van der Waals surface area contributed by atoms with E-state index in [2.05, 4.69) is 0 Å². The van der Waals surface area contributed by atoms with Gasteiger partial charge in [0.2, 0.25) is 5.90 Å². The van der Waals surface area contributed by atoms with E-state index in [-0.39, 0.29) is 23.9 Å². The van der Waals surface area contributed by atoms with Gasteiger partial charge >= 0.3 is 0 Å². The van der Waals surface area contributed by atoms with Gasteiger partial charge in [0.15, 0.2) is 0 Å². The van der Waals surface area contributed by atoms with E-state index in [1.54, 1.807) is 0 Å². The van der Waals surface area contributed by atoms with Gasteiger partial charge in [-0.1, -0.05) is 0 Å². The van der Waals surface area contributed by atoms with Crippen molar-refractivity contribution in [2.24, 2.45) is 0 Å². The van der Waals surface area contributed by atoms with Gasteiger partial charge in [0, 0.05) is 23.2 Å². The molecule has 180 valence electrons. The quantitative estimate of drug-likeness (QED) is 0.231. The number of nitrogens with zero attached hydrogens (tertiary/aromatic N) is 1. The number of hydrogen-bond acceptors (Lipinski definition) is 5. The van der Waals surface area contributed by atoms with E-state index >= 15 is 0 Å². The van der Waals surface area contributed by atoms with Crippen LogP contribution in [0.25, 0.3) is 0 Å². The molecular formula is C27H38N2O4. The van der Waals surface area contributed by atoms with E-state index in [0.717, 1.165) is 36.3 Å². The van der Waals surface area contributed by atoms with Gasteiger partial charge < -0.3 is 19.1 Å². The third kappa shape index (κ3) is 8.44. The van der Waals surface area contributed by atoms with Crippen LogP contribution in [0.4, 0.5) is 0 Å². The number of ether oxygens (including phenoxy) is 3. The second-order valence-corrected chi connectivity index (χ2v) is 8.47. The SMILES string of the molecule is CCOC(=N)c1ccc(OCCCCCOc2ccc(C(=O)N(C(C)C)C(C)C)cc2)cc1. The third-order valence-corrected chi connectivity index (χ3v) is 5.18. The predicted octanol–water partition coefficient (Wildman–Crippen LogP) is 5.94. The molecule has 0 radical (unpaired) electrons. The number of nitrogens with one attached hydrogen (secondary N) is 1. The first-order valence-corrected chi connectivity index (χ1v) is 11.8. The summed E-state index contributed by atoms with van der Waals surface area (Å²) in [5, 5.41) is 7.78. The second-order valence-electron chi connectivity index (χ2n) is 8.47. The first kappa shape index (κ1) is 26.2. The van der Waals surface area contributed by atoms with Gasteiger partial charge in [-0.2, -0.15) is 0 Å². The molecule has 0 saturated heterocycles. The molecule has 0 aliphatic heterocycles. The number of unbranched alkanes of at least 4 members (excludes halogenated alkanes) is 2. The molecule has 33 heavy (non-hydrogen) atoms. The first-order chi connectivity index (χ1) is 15.8. The van der Waals surface area contributed by atoms with Crippen LogP contribution in [-0.2, 0) is 4.74 Å². The highest BCUT2D eigenvalue weighted by Crippen LogP contribution is 2.17. The minimum atomic E-state index is 0.0498. The molecule has 6 heteroatoms. The van der Waals surface area contributed by atoms with E-state index in [1.165, 1.54) is 0 Å². The largest absolute Gasteiger partial charge is 0.494 e. The van der Waals surface area contributed by atoms with Gasteiger partial charge in [-0.05, 0) is 102 Å². The fraction of sp³-hybridized carbons (Fsp3) is 0.481. The predicted molar refractivity (Wildman–Crippen MR) is 133 cm³/mol. The van der Waals surface area contributed by atoms with Gasteiger partial charge in [0.1, 0.15) is 11.5 Å². The van der Waals surface area contributed by atoms with Crippen LogP contribution >= 0.6 is 0 Å². The molecule has 0 spiro atoms. The fourth-order valence-corrected chi connectivity index (χ4v) is 3.60. The summed E-state index contributed by atoms with van der Waals surface area (Å²) >= 11 is 0. The average Bonchev–Trinajstić information content (AvgIpc) is 2.79. The molecule has 1 N–H and O–H groups in total. The zero-order valence-electron chi connectivity index (χ0n) is 20.6. The van der Waals surface area contributed by atoms with Crippen molar-refractivity contribution >= 4 is 11.8 Å². The summed E-state index contributed by atoms with van der Waals surface area (Å²) in [5.74, 6) is 1.80. The highest BCUT2D eigenvalue weighted by Gasteiger charge is 2.21. The van der Waals surface area contributed by atoms with E-state index in [4.69, 9.17) is 19.6 Å². The topological polar surface area (TPSA) is 71.9 Å². The summed E-state index contributed by atoms with van der Waals surface area (Å²) in [6.07, 6.45) is 2.87. The van der Waals surface area contributed by atoms with E-state index in [1.807, 2.05) is 88.0 Å². The van der Waals surface area contributed by atoms with E-state index in [9.17, 15) is 4.79 Å². The molecule has 0 aliphatic rings.